The molecule has 0 saturated heterocycles. The Hall–Kier alpha value is -5.07. The van der Waals surface area contributed by atoms with Gasteiger partial charge in [-0.2, -0.15) is 0 Å². The van der Waals surface area contributed by atoms with Crippen LogP contribution in [0.15, 0.2) is 88.9 Å². The number of amides is 2. The maximum atomic E-state index is 14.8. The van der Waals surface area contributed by atoms with Crippen molar-refractivity contribution in [1.82, 2.24) is 19.4 Å². The van der Waals surface area contributed by atoms with Crippen LogP contribution in [0.25, 0.3) is 26.9 Å². The van der Waals surface area contributed by atoms with Gasteiger partial charge in [0.15, 0.2) is 5.82 Å². The molecule has 53 heavy (non-hydrogen) atoms. The summed E-state index contributed by atoms with van der Waals surface area (Å²) in [5.41, 5.74) is 11.6. The second-order valence-corrected chi connectivity index (χ2v) is 15.3. The Morgan fingerprint density at radius 3 is 2.40 bits per heavy atom. The van der Waals surface area contributed by atoms with Crippen LogP contribution in [0, 0.1) is 6.92 Å². The van der Waals surface area contributed by atoms with Gasteiger partial charge in [0.2, 0.25) is 0 Å². The Kier molecular flexibility index (Phi) is 11.3. The molecular formula is C38H38Cl2N8O4S. The number of nitrogens with zero attached hydrogens (tertiary/aromatic N) is 7. The third-order valence-corrected chi connectivity index (χ3v) is 11.4. The van der Waals surface area contributed by atoms with Crippen LogP contribution < -0.4 is 9.62 Å². The molecule has 0 bridgehead atoms. The molecule has 5 aromatic rings. The molecule has 2 heterocycles. The molecule has 0 aliphatic carbocycles. The van der Waals surface area contributed by atoms with Crippen molar-refractivity contribution in [2.75, 3.05) is 24.5 Å². The third-order valence-electron chi connectivity index (χ3n) is 9.35. The minimum Gasteiger partial charge on any atom is -0.354 e. The predicted molar refractivity (Wildman–Crippen MR) is 208 cm³/mol. The molecular weight excluding hydrogens is 735 g/mol. The minimum absolute atomic E-state index is 0.0277. The molecule has 0 radical (unpaired) electrons. The Balaban J connectivity index is 1.49. The van der Waals surface area contributed by atoms with Crippen molar-refractivity contribution in [3.63, 3.8) is 0 Å². The van der Waals surface area contributed by atoms with E-state index in [-0.39, 0.29) is 34.8 Å². The largest absolute Gasteiger partial charge is 0.354 e. The van der Waals surface area contributed by atoms with Crippen LogP contribution in [-0.2, 0) is 23.0 Å². The number of halogens is 2. The van der Waals surface area contributed by atoms with E-state index in [1.807, 2.05) is 43.0 Å². The highest BCUT2D eigenvalue weighted by atomic mass is 35.5. The van der Waals surface area contributed by atoms with Crippen LogP contribution in [0.4, 0.5) is 5.82 Å². The molecule has 1 N–H and O–H groups in total. The predicted octanol–water partition coefficient (Wildman–Crippen LogP) is 8.26. The number of rotatable bonds is 12. The van der Waals surface area contributed by atoms with Crippen LogP contribution in [0.5, 0.6) is 0 Å². The molecule has 0 spiro atoms. The summed E-state index contributed by atoms with van der Waals surface area (Å²) in [6, 6.07) is 21.4. The van der Waals surface area contributed by atoms with Crippen LogP contribution in [0.2, 0.25) is 10.0 Å². The number of carbonyl (C=O) groups is 2. The van der Waals surface area contributed by atoms with Crippen LogP contribution in [0.1, 0.15) is 64.2 Å². The zero-order valence-electron chi connectivity index (χ0n) is 29.5. The highest BCUT2D eigenvalue weighted by Crippen LogP contribution is 2.35. The van der Waals surface area contributed by atoms with Gasteiger partial charge in [-0.25, -0.2) is 17.8 Å². The minimum atomic E-state index is -4.43. The number of hydrogen-bond donors (Lipinski definition) is 1. The van der Waals surface area contributed by atoms with Gasteiger partial charge in [0.05, 0.1) is 27.4 Å². The molecule has 274 valence electrons. The van der Waals surface area contributed by atoms with Crippen LogP contribution in [-0.4, -0.2) is 60.6 Å². The summed E-state index contributed by atoms with van der Waals surface area (Å²) in [4.78, 5) is 35.5. The highest BCUT2D eigenvalue weighted by molar-refractivity contribution is 7.90. The van der Waals surface area contributed by atoms with E-state index in [9.17, 15) is 23.5 Å². The van der Waals surface area contributed by atoms with Gasteiger partial charge in [0.25, 0.3) is 21.8 Å². The van der Waals surface area contributed by atoms with Gasteiger partial charge in [-0.15, -0.1) is 5.10 Å². The van der Waals surface area contributed by atoms with Crippen molar-refractivity contribution in [1.29, 1.82) is 0 Å². The van der Waals surface area contributed by atoms with Gasteiger partial charge < -0.3 is 9.80 Å². The van der Waals surface area contributed by atoms with Crippen LogP contribution >= 0.6 is 23.2 Å². The first-order chi connectivity index (χ1) is 25.5. The zero-order valence-corrected chi connectivity index (χ0v) is 31.8. The fourth-order valence-electron chi connectivity index (χ4n) is 6.77. The summed E-state index contributed by atoms with van der Waals surface area (Å²) in [5, 5.41) is 10.6. The summed E-state index contributed by atoms with van der Waals surface area (Å²) in [7, 11) is -4.43. The van der Waals surface area contributed by atoms with Crippen molar-refractivity contribution in [2.24, 2.45) is 5.11 Å². The third kappa shape index (κ3) is 7.56. The van der Waals surface area contributed by atoms with Crippen molar-refractivity contribution < 1.29 is 18.0 Å². The first-order valence-corrected chi connectivity index (χ1v) is 19.5. The molecule has 1 atom stereocenters. The van der Waals surface area contributed by atoms with E-state index in [1.165, 1.54) is 28.9 Å². The maximum absolute atomic E-state index is 14.8. The van der Waals surface area contributed by atoms with Gasteiger partial charge in [0, 0.05) is 47.5 Å². The van der Waals surface area contributed by atoms with E-state index in [4.69, 9.17) is 28.3 Å². The fraction of sp³-hybridized carbons (Fsp3) is 0.289. The smallest absolute Gasteiger partial charge is 0.267 e. The van der Waals surface area contributed by atoms with Gasteiger partial charge in [-0.05, 0) is 78.6 Å². The number of para-hydroxylation sites is 1. The van der Waals surface area contributed by atoms with E-state index >= 15 is 0 Å². The number of sulfonamides is 1. The first kappa shape index (κ1) is 37.7. The fourth-order valence-corrected chi connectivity index (χ4v) is 8.24. The lowest BCUT2D eigenvalue weighted by molar-refractivity contribution is 0.0647. The lowest BCUT2D eigenvalue weighted by Crippen LogP contribution is -2.46. The SMILES string of the molecule is CCCN(CCC)c1nn(-c2c(C(=O)NS(=O)(=O)c3ccc4cccc(Cl)c4c3)cccc2C(=O)N2Cc3ccccc3CC2CN=[N+]=[N-])c(C)c1Cl. The number of nitrogens with one attached hydrogen (secondary N) is 1. The molecule has 12 nitrogen and oxygen atoms in total. The topological polar surface area (TPSA) is 153 Å². The summed E-state index contributed by atoms with van der Waals surface area (Å²) in [6.45, 7) is 7.41. The Labute approximate surface area is 318 Å². The molecule has 1 aliphatic heterocycles. The van der Waals surface area contributed by atoms with E-state index < -0.39 is 27.9 Å². The lowest BCUT2D eigenvalue weighted by Gasteiger charge is -2.37. The van der Waals surface area contributed by atoms with Crippen molar-refractivity contribution >= 4 is 61.6 Å². The summed E-state index contributed by atoms with van der Waals surface area (Å²) in [6.07, 6.45) is 2.10. The second-order valence-electron chi connectivity index (χ2n) is 12.9. The number of aromatic nitrogens is 2. The van der Waals surface area contributed by atoms with Gasteiger partial charge in [-0.3, -0.25) is 9.59 Å². The molecule has 0 fully saturated rings. The average Bonchev–Trinajstić information content (AvgIpc) is 3.45. The van der Waals surface area contributed by atoms with Gasteiger partial charge in [0.1, 0.15) is 5.02 Å². The quantitative estimate of drug-likeness (QED) is 0.0765. The Morgan fingerprint density at radius 1 is 0.981 bits per heavy atom. The number of carbonyl (C=O) groups excluding carboxylic acids is 2. The average molecular weight is 774 g/mol. The highest BCUT2D eigenvalue weighted by Gasteiger charge is 2.34. The van der Waals surface area contributed by atoms with Crippen molar-refractivity contribution in [3.05, 3.63) is 127 Å². The summed E-state index contributed by atoms with van der Waals surface area (Å²) < 4.78 is 31.2. The molecule has 1 aliphatic rings. The van der Waals surface area contributed by atoms with Crippen molar-refractivity contribution in [2.45, 2.75) is 57.5 Å². The maximum Gasteiger partial charge on any atom is 0.267 e. The van der Waals surface area contributed by atoms with Gasteiger partial charge in [-0.1, -0.05) is 90.7 Å². The van der Waals surface area contributed by atoms with E-state index in [0.29, 0.717) is 46.5 Å². The molecule has 2 amide bonds. The number of hydrogen-bond acceptors (Lipinski definition) is 7. The van der Waals surface area contributed by atoms with Crippen molar-refractivity contribution in [3.8, 4) is 5.69 Å². The lowest BCUT2D eigenvalue weighted by atomic mass is 9.93. The monoisotopic (exact) mass is 772 g/mol. The van der Waals surface area contributed by atoms with Gasteiger partial charge >= 0.3 is 0 Å². The standard InChI is InChI=1S/C38H38Cl2N8O4S/c1-4-18-46(19-5-2)36-34(40)24(3)48(43-36)35-30(37(49)44-53(51,52)29-17-16-25-12-8-15-33(39)32(25)21-29)13-9-14-31(35)38(50)47-23-27-11-7-6-10-26(27)20-28(47)22-42-45-41/h6-17,21,28H,4-5,18-20,22-23H2,1-3H3,(H,44,49). The van der Waals surface area contributed by atoms with E-state index in [2.05, 4.69) is 14.7 Å². The number of benzene rings is 4. The molecule has 15 heteroatoms. The zero-order chi connectivity index (χ0) is 37.9. The number of fused-ring (bicyclic) bond motifs is 2. The first-order valence-electron chi connectivity index (χ1n) is 17.3. The normalized spacial score (nSPS) is 14.1. The Bertz CT molecular complexity index is 2370. The summed E-state index contributed by atoms with van der Waals surface area (Å²) in [5.74, 6) is -0.953. The molecule has 0 saturated carbocycles. The molecule has 6 rings (SSSR count). The molecule has 1 unspecified atom stereocenters. The summed E-state index contributed by atoms with van der Waals surface area (Å²) >= 11 is 13.3. The number of azide groups is 1. The number of anilines is 1. The van der Waals surface area contributed by atoms with E-state index in [1.54, 1.807) is 42.2 Å². The molecule has 4 aromatic carbocycles. The Morgan fingerprint density at radius 2 is 1.68 bits per heavy atom. The van der Waals surface area contributed by atoms with E-state index in [0.717, 1.165) is 29.4 Å². The molecule has 1 aromatic heterocycles. The van der Waals surface area contributed by atoms with Crippen LogP contribution in [0.3, 0.4) is 0 Å². The second kappa shape index (κ2) is 15.9.